The minimum atomic E-state index is -0.674. The molecule has 5 N–H and O–H groups in total. The topological polar surface area (TPSA) is 70.3 Å². The number of nitrogens with two attached hydrogens (primary N) is 1. The van der Waals surface area contributed by atoms with Gasteiger partial charge in [-0.1, -0.05) is 0 Å². The van der Waals surface area contributed by atoms with E-state index in [-0.39, 0.29) is 0 Å². The fraction of sp³-hybridized carbons (Fsp3) is 1.00. The lowest BCUT2D eigenvalue weighted by molar-refractivity contribution is 0.171. The van der Waals surface area contributed by atoms with E-state index in [0.29, 0.717) is 6.42 Å². The second-order valence-corrected chi connectivity index (χ2v) is 2.56. The Kier molecular flexibility index (Phi) is 7.83. The maximum atomic E-state index is 8.68. The highest BCUT2D eigenvalue weighted by Crippen LogP contribution is 1.79. The smallest absolute Gasteiger partial charge is 0.103 e. The molecule has 68 valence electrons. The zero-order chi connectivity index (χ0) is 8.53. The van der Waals surface area contributed by atoms with Crippen LogP contribution in [0.1, 0.15) is 12.8 Å². The second-order valence-electron chi connectivity index (χ2n) is 2.56. The van der Waals surface area contributed by atoms with Crippen LogP contribution in [0.3, 0.4) is 0 Å². The average molecular weight is 161 g/mol. The Bertz CT molecular complexity index is 78.1. The van der Waals surface area contributed by atoms with Gasteiger partial charge in [-0.15, -0.1) is 0 Å². The summed E-state index contributed by atoms with van der Waals surface area (Å²) in [6.07, 6.45) is 1.06. The molecule has 0 saturated heterocycles. The van der Waals surface area contributed by atoms with Gasteiger partial charge in [0, 0.05) is 0 Å². The number of nitrogens with one attached hydrogen (secondary N) is 2. The monoisotopic (exact) mass is 161 g/mol. The van der Waals surface area contributed by atoms with Crippen molar-refractivity contribution < 1.29 is 5.11 Å². The van der Waals surface area contributed by atoms with Crippen molar-refractivity contribution in [2.45, 2.75) is 19.1 Å². The van der Waals surface area contributed by atoms with Gasteiger partial charge < -0.3 is 21.5 Å². The van der Waals surface area contributed by atoms with Crippen molar-refractivity contribution >= 4 is 0 Å². The molecule has 0 aliphatic carbocycles. The Balaban J connectivity index is 2.80. The first-order chi connectivity index (χ1) is 5.27. The summed E-state index contributed by atoms with van der Waals surface area (Å²) in [5.74, 6) is 0. The second kappa shape index (κ2) is 7.94. The average Bonchev–Trinajstić information content (AvgIpc) is 1.96. The molecule has 1 unspecified atom stereocenters. The molecule has 0 bridgehead atoms. The molecule has 0 heterocycles. The molecule has 0 saturated carbocycles. The summed E-state index contributed by atoms with van der Waals surface area (Å²) in [6, 6.07) is 0. The van der Waals surface area contributed by atoms with Gasteiger partial charge in [0.1, 0.15) is 6.23 Å². The van der Waals surface area contributed by atoms with Crippen LogP contribution in [0.5, 0.6) is 0 Å². The first-order valence-electron chi connectivity index (χ1n) is 4.06. The van der Waals surface area contributed by atoms with Crippen molar-refractivity contribution in [2.24, 2.45) is 5.73 Å². The van der Waals surface area contributed by atoms with Crippen molar-refractivity contribution in [2.75, 3.05) is 26.7 Å². The highest BCUT2D eigenvalue weighted by atomic mass is 16.3. The molecular weight excluding hydrogens is 142 g/mol. The van der Waals surface area contributed by atoms with Crippen LogP contribution < -0.4 is 16.4 Å². The number of aliphatic hydroxyl groups is 1. The van der Waals surface area contributed by atoms with Crippen LogP contribution in [0, 0.1) is 0 Å². The lowest BCUT2D eigenvalue weighted by atomic mass is 10.3. The summed E-state index contributed by atoms with van der Waals surface area (Å²) in [5.41, 5.74) is 5.14. The fourth-order valence-electron chi connectivity index (χ4n) is 0.765. The van der Waals surface area contributed by atoms with Gasteiger partial charge in [-0.2, -0.15) is 0 Å². The van der Waals surface area contributed by atoms with Crippen molar-refractivity contribution in [1.82, 2.24) is 10.6 Å². The first kappa shape index (κ1) is 10.8. The Hall–Kier alpha value is -0.160. The molecule has 0 amide bonds. The summed E-state index contributed by atoms with van der Waals surface area (Å²) in [4.78, 5) is 0. The Labute approximate surface area is 68.2 Å². The number of rotatable bonds is 7. The predicted molar refractivity (Wildman–Crippen MR) is 46.2 cm³/mol. The van der Waals surface area contributed by atoms with Gasteiger partial charge in [-0.05, 0) is 39.5 Å². The largest absolute Gasteiger partial charge is 0.379 e. The molecule has 4 nitrogen and oxygen atoms in total. The molecule has 0 spiro atoms. The maximum Gasteiger partial charge on any atom is 0.103 e. The minimum Gasteiger partial charge on any atom is -0.379 e. The van der Waals surface area contributed by atoms with E-state index in [1.165, 1.54) is 0 Å². The van der Waals surface area contributed by atoms with E-state index in [1.54, 1.807) is 0 Å². The third kappa shape index (κ3) is 9.84. The van der Waals surface area contributed by atoms with Crippen molar-refractivity contribution in [3.63, 3.8) is 0 Å². The molecule has 0 aliphatic rings. The van der Waals surface area contributed by atoms with Gasteiger partial charge in [-0.25, -0.2) is 0 Å². The lowest BCUT2D eigenvalue weighted by Gasteiger charge is -2.05. The molecule has 1 atom stereocenters. The molecule has 0 aromatic rings. The van der Waals surface area contributed by atoms with E-state index >= 15 is 0 Å². The highest BCUT2D eigenvalue weighted by molar-refractivity contribution is 4.52. The van der Waals surface area contributed by atoms with Crippen LogP contribution in [0.15, 0.2) is 0 Å². The van der Waals surface area contributed by atoms with Crippen molar-refractivity contribution in [3.05, 3.63) is 0 Å². The molecular formula is C7H19N3O. The highest BCUT2D eigenvalue weighted by Gasteiger charge is 1.93. The summed E-state index contributed by atoms with van der Waals surface area (Å²) in [5, 5.41) is 14.9. The zero-order valence-electron chi connectivity index (χ0n) is 7.14. The molecule has 0 aromatic heterocycles. The van der Waals surface area contributed by atoms with Gasteiger partial charge >= 0.3 is 0 Å². The fourth-order valence-corrected chi connectivity index (χ4v) is 0.765. The van der Waals surface area contributed by atoms with Crippen molar-refractivity contribution in [3.8, 4) is 0 Å². The van der Waals surface area contributed by atoms with Gasteiger partial charge in [0.2, 0.25) is 0 Å². The molecule has 0 aliphatic heterocycles. The number of hydrogen-bond acceptors (Lipinski definition) is 4. The van der Waals surface area contributed by atoms with E-state index in [0.717, 1.165) is 26.1 Å². The molecule has 4 heteroatoms. The van der Waals surface area contributed by atoms with E-state index in [1.807, 2.05) is 7.05 Å². The van der Waals surface area contributed by atoms with Gasteiger partial charge in [-0.3, -0.25) is 0 Å². The lowest BCUT2D eigenvalue weighted by Crippen LogP contribution is -2.27. The van der Waals surface area contributed by atoms with E-state index in [9.17, 15) is 0 Å². The first-order valence-corrected chi connectivity index (χ1v) is 4.06. The number of aliphatic hydroxyl groups excluding tert-OH is 1. The molecule has 0 radical (unpaired) electrons. The van der Waals surface area contributed by atoms with E-state index in [2.05, 4.69) is 10.6 Å². The quantitative estimate of drug-likeness (QED) is 0.281. The summed E-state index contributed by atoms with van der Waals surface area (Å²) < 4.78 is 0. The Morgan fingerprint density at radius 2 is 2.09 bits per heavy atom. The van der Waals surface area contributed by atoms with Crippen LogP contribution in [0.25, 0.3) is 0 Å². The molecule has 11 heavy (non-hydrogen) atoms. The number of hydrogen-bond donors (Lipinski definition) is 4. The zero-order valence-corrected chi connectivity index (χ0v) is 7.14. The van der Waals surface area contributed by atoms with Crippen LogP contribution in [0.2, 0.25) is 0 Å². The standard InChI is InChI=1S/C7H19N3O/c1-9-4-2-5-10-6-3-7(8)11/h7,9-11H,2-6,8H2,1H3. The minimum absolute atomic E-state index is 0.625. The van der Waals surface area contributed by atoms with Crippen LogP contribution in [-0.2, 0) is 0 Å². The van der Waals surface area contributed by atoms with Crippen LogP contribution >= 0.6 is 0 Å². The van der Waals surface area contributed by atoms with Gasteiger partial charge in [0.05, 0.1) is 0 Å². The van der Waals surface area contributed by atoms with Crippen LogP contribution in [-0.4, -0.2) is 38.0 Å². The molecule has 0 rings (SSSR count). The third-order valence-corrected chi connectivity index (χ3v) is 1.40. The SMILES string of the molecule is CNCCCNCCC(N)O. The van der Waals surface area contributed by atoms with E-state index in [4.69, 9.17) is 10.8 Å². The van der Waals surface area contributed by atoms with Gasteiger partial charge in [0.15, 0.2) is 0 Å². The molecule has 0 aromatic carbocycles. The van der Waals surface area contributed by atoms with E-state index < -0.39 is 6.23 Å². The maximum absolute atomic E-state index is 8.68. The van der Waals surface area contributed by atoms with Crippen molar-refractivity contribution in [1.29, 1.82) is 0 Å². The summed E-state index contributed by atoms with van der Waals surface area (Å²) in [6.45, 7) is 2.80. The van der Waals surface area contributed by atoms with Crippen LogP contribution in [0.4, 0.5) is 0 Å². The molecule has 0 fully saturated rings. The Morgan fingerprint density at radius 1 is 1.36 bits per heavy atom. The summed E-state index contributed by atoms with van der Waals surface area (Å²) >= 11 is 0. The van der Waals surface area contributed by atoms with Gasteiger partial charge in [0.25, 0.3) is 0 Å². The third-order valence-electron chi connectivity index (χ3n) is 1.40. The summed E-state index contributed by atoms with van der Waals surface area (Å²) in [7, 11) is 1.93. The predicted octanol–water partition coefficient (Wildman–Crippen LogP) is -1.15. The Morgan fingerprint density at radius 3 is 2.64 bits per heavy atom. The normalized spacial score (nSPS) is 13.4.